The van der Waals surface area contributed by atoms with Gasteiger partial charge >= 0.3 is 0 Å². The maximum absolute atomic E-state index is 6.05. The lowest BCUT2D eigenvalue weighted by atomic mass is 10.1. The molecule has 0 spiro atoms. The van der Waals surface area contributed by atoms with E-state index in [1.165, 1.54) is 0 Å². The van der Waals surface area contributed by atoms with Crippen LogP contribution in [-0.4, -0.2) is 9.38 Å². The van der Waals surface area contributed by atoms with Gasteiger partial charge in [0.1, 0.15) is 0 Å². The van der Waals surface area contributed by atoms with Crippen molar-refractivity contribution in [2.45, 2.75) is 13.5 Å². The summed E-state index contributed by atoms with van der Waals surface area (Å²) in [6, 6.07) is 6.04. The molecule has 0 atom stereocenters. The van der Waals surface area contributed by atoms with Crippen LogP contribution in [0.5, 0.6) is 0 Å². The number of nitrogens with two attached hydrogens (primary N) is 1. The Morgan fingerprint density at radius 3 is 3.00 bits per heavy atom. The lowest BCUT2D eigenvalue weighted by molar-refractivity contribution is 1.02. The summed E-state index contributed by atoms with van der Waals surface area (Å²) in [7, 11) is 0. The summed E-state index contributed by atoms with van der Waals surface area (Å²) in [5, 5.41) is 2.89. The lowest BCUT2D eigenvalue weighted by Crippen LogP contribution is -1.95. The van der Waals surface area contributed by atoms with Crippen molar-refractivity contribution in [3.63, 3.8) is 0 Å². The van der Waals surface area contributed by atoms with E-state index < -0.39 is 0 Å². The van der Waals surface area contributed by atoms with Gasteiger partial charge in [-0.25, -0.2) is 4.98 Å². The van der Waals surface area contributed by atoms with E-state index in [0.29, 0.717) is 6.54 Å². The maximum Gasteiger partial charge on any atom is 0.194 e. The number of fused-ring (bicyclic) bond motifs is 1. The Balaban J connectivity index is 2.18. The predicted octanol–water partition coefficient (Wildman–Crippen LogP) is 3.48. The van der Waals surface area contributed by atoms with Gasteiger partial charge < -0.3 is 5.73 Å². The zero-order chi connectivity index (χ0) is 12.7. The molecule has 0 aliphatic rings. The number of halogens is 1. The van der Waals surface area contributed by atoms with Crippen LogP contribution < -0.4 is 5.73 Å². The average Bonchev–Trinajstić information content (AvgIpc) is 2.92. The van der Waals surface area contributed by atoms with Crippen molar-refractivity contribution < 1.29 is 0 Å². The van der Waals surface area contributed by atoms with E-state index in [-0.39, 0.29) is 0 Å². The van der Waals surface area contributed by atoms with Crippen molar-refractivity contribution in [3.05, 3.63) is 46.1 Å². The monoisotopic (exact) mass is 277 g/mol. The van der Waals surface area contributed by atoms with E-state index in [4.69, 9.17) is 17.3 Å². The Morgan fingerprint density at radius 1 is 1.44 bits per heavy atom. The van der Waals surface area contributed by atoms with Crippen molar-refractivity contribution in [2.24, 2.45) is 5.73 Å². The smallest absolute Gasteiger partial charge is 0.194 e. The predicted molar refractivity (Wildman–Crippen MR) is 76.1 cm³/mol. The topological polar surface area (TPSA) is 43.3 Å². The van der Waals surface area contributed by atoms with Crippen molar-refractivity contribution in [1.29, 1.82) is 0 Å². The standard InChI is InChI=1S/C13H12ClN3S/c1-8-4-9(2-3-11(8)14)12-7-18-13-16-10(5-15)6-17(12)13/h2-4,6-7H,5,15H2,1H3. The van der Waals surface area contributed by atoms with Gasteiger partial charge in [0.25, 0.3) is 0 Å². The zero-order valence-corrected chi connectivity index (χ0v) is 11.4. The molecule has 0 aliphatic carbocycles. The third-order valence-corrected chi connectivity index (χ3v) is 4.19. The average molecular weight is 278 g/mol. The molecule has 0 unspecified atom stereocenters. The minimum atomic E-state index is 0.466. The summed E-state index contributed by atoms with van der Waals surface area (Å²) < 4.78 is 2.08. The molecule has 3 nitrogen and oxygen atoms in total. The van der Waals surface area contributed by atoms with Crippen molar-refractivity contribution >= 4 is 27.9 Å². The summed E-state index contributed by atoms with van der Waals surface area (Å²) in [4.78, 5) is 5.42. The molecule has 0 amide bonds. The van der Waals surface area contributed by atoms with E-state index in [1.54, 1.807) is 11.3 Å². The maximum atomic E-state index is 6.05. The number of aromatic nitrogens is 2. The van der Waals surface area contributed by atoms with Gasteiger partial charge in [-0.15, -0.1) is 11.3 Å². The molecule has 1 aromatic carbocycles. The fourth-order valence-electron chi connectivity index (χ4n) is 1.94. The zero-order valence-electron chi connectivity index (χ0n) is 9.85. The summed E-state index contributed by atoms with van der Waals surface area (Å²) in [6.07, 6.45) is 1.99. The van der Waals surface area contributed by atoms with Gasteiger partial charge in [-0.3, -0.25) is 4.40 Å². The highest BCUT2D eigenvalue weighted by Gasteiger charge is 2.09. The Bertz CT molecular complexity index is 714. The van der Waals surface area contributed by atoms with Gasteiger partial charge in [0.05, 0.1) is 11.4 Å². The summed E-state index contributed by atoms with van der Waals surface area (Å²) >= 11 is 7.67. The van der Waals surface area contributed by atoms with Crippen molar-refractivity contribution in [1.82, 2.24) is 9.38 Å². The first-order valence-electron chi connectivity index (χ1n) is 5.61. The van der Waals surface area contributed by atoms with Crippen LogP contribution >= 0.6 is 22.9 Å². The molecular formula is C13H12ClN3S. The Labute approximate surface area is 114 Å². The molecule has 2 aromatic heterocycles. The van der Waals surface area contributed by atoms with E-state index >= 15 is 0 Å². The second-order valence-electron chi connectivity index (χ2n) is 4.17. The van der Waals surface area contributed by atoms with Gasteiger partial charge in [-0.05, 0) is 30.2 Å². The number of thiazole rings is 1. The highest BCUT2D eigenvalue weighted by Crippen LogP contribution is 2.28. The molecular weight excluding hydrogens is 266 g/mol. The van der Waals surface area contributed by atoms with Crippen LogP contribution in [0.25, 0.3) is 16.2 Å². The van der Waals surface area contributed by atoms with E-state index in [2.05, 4.69) is 20.8 Å². The SMILES string of the molecule is Cc1cc(-c2csc3nc(CN)cn23)ccc1Cl. The Kier molecular flexibility index (Phi) is 2.86. The highest BCUT2D eigenvalue weighted by atomic mass is 35.5. The number of aryl methyl sites for hydroxylation is 1. The number of rotatable bonds is 2. The van der Waals surface area contributed by atoms with Gasteiger partial charge in [0.15, 0.2) is 4.96 Å². The fraction of sp³-hybridized carbons (Fsp3) is 0.154. The normalized spacial score (nSPS) is 11.3. The van der Waals surface area contributed by atoms with Crippen LogP contribution in [0, 0.1) is 6.92 Å². The molecule has 3 aromatic rings. The number of hydrogen-bond donors (Lipinski definition) is 1. The fourth-order valence-corrected chi connectivity index (χ4v) is 2.96. The van der Waals surface area contributed by atoms with Crippen LogP contribution in [0.3, 0.4) is 0 Å². The molecule has 0 radical (unpaired) electrons. The Hall–Kier alpha value is -1.36. The molecule has 0 saturated heterocycles. The molecule has 0 bridgehead atoms. The second-order valence-corrected chi connectivity index (χ2v) is 5.42. The van der Waals surface area contributed by atoms with Gasteiger partial charge in [-0.1, -0.05) is 17.7 Å². The number of nitrogens with zero attached hydrogens (tertiary/aromatic N) is 2. The molecule has 5 heteroatoms. The van der Waals surface area contributed by atoms with Crippen molar-refractivity contribution in [3.8, 4) is 11.3 Å². The van der Waals surface area contributed by atoms with Crippen LogP contribution in [0.4, 0.5) is 0 Å². The van der Waals surface area contributed by atoms with Crippen molar-refractivity contribution in [2.75, 3.05) is 0 Å². The largest absolute Gasteiger partial charge is 0.325 e. The van der Waals surface area contributed by atoms with Gasteiger partial charge in [0.2, 0.25) is 0 Å². The summed E-state index contributed by atoms with van der Waals surface area (Å²) in [5.41, 5.74) is 9.87. The van der Waals surface area contributed by atoms with Crippen LogP contribution in [-0.2, 0) is 6.54 Å². The summed E-state index contributed by atoms with van der Waals surface area (Å²) in [5.74, 6) is 0. The Morgan fingerprint density at radius 2 is 2.28 bits per heavy atom. The minimum Gasteiger partial charge on any atom is -0.325 e. The first kappa shape index (κ1) is 11.7. The quantitative estimate of drug-likeness (QED) is 0.779. The molecule has 0 saturated carbocycles. The van der Waals surface area contributed by atoms with Crippen LogP contribution in [0.15, 0.2) is 29.8 Å². The van der Waals surface area contributed by atoms with E-state index in [1.807, 2.05) is 25.3 Å². The number of benzene rings is 1. The summed E-state index contributed by atoms with van der Waals surface area (Å²) in [6.45, 7) is 2.47. The molecule has 2 N–H and O–H groups in total. The minimum absolute atomic E-state index is 0.466. The molecule has 92 valence electrons. The number of imidazole rings is 1. The molecule has 0 aliphatic heterocycles. The number of hydrogen-bond acceptors (Lipinski definition) is 3. The lowest BCUT2D eigenvalue weighted by Gasteiger charge is -2.03. The molecule has 18 heavy (non-hydrogen) atoms. The third-order valence-electron chi connectivity index (χ3n) is 2.92. The molecule has 0 fully saturated rings. The first-order chi connectivity index (χ1) is 8.69. The highest BCUT2D eigenvalue weighted by molar-refractivity contribution is 7.15. The van der Waals surface area contributed by atoms with E-state index in [9.17, 15) is 0 Å². The third kappa shape index (κ3) is 1.82. The first-order valence-corrected chi connectivity index (χ1v) is 6.87. The van der Waals surface area contributed by atoms with Crippen LogP contribution in [0.1, 0.15) is 11.3 Å². The van der Waals surface area contributed by atoms with Crippen LogP contribution in [0.2, 0.25) is 5.02 Å². The molecule has 3 rings (SSSR count). The van der Waals surface area contributed by atoms with Gasteiger partial charge in [-0.2, -0.15) is 0 Å². The molecule has 2 heterocycles. The van der Waals surface area contributed by atoms with Gasteiger partial charge in [0, 0.05) is 23.1 Å². The van der Waals surface area contributed by atoms with E-state index in [0.717, 1.165) is 32.5 Å². The second kappa shape index (κ2) is 4.39.